The van der Waals surface area contributed by atoms with Gasteiger partial charge in [-0.15, -0.1) is 0 Å². The van der Waals surface area contributed by atoms with E-state index < -0.39 is 11.9 Å². The molecule has 0 aliphatic heterocycles. The van der Waals surface area contributed by atoms with E-state index in [1.54, 1.807) is 12.1 Å². The van der Waals surface area contributed by atoms with Crippen molar-refractivity contribution in [3.8, 4) is 11.5 Å². The summed E-state index contributed by atoms with van der Waals surface area (Å²) in [6, 6.07) is 9.26. The van der Waals surface area contributed by atoms with E-state index in [9.17, 15) is 39.6 Å². The Kier molecular flexibility index (Phi) is 27.1. The maximum absolute atomic E-state index is 11.8. The zero-order valence-electron chi connectivity index (χ0n) is 25.5. The summed E-state index contributed by atoms with van der Waals surface area (Å²) in [5, 5.41) is 45.5. The van der Waals surface area contributed by atoms with Gasteiger partial charge in [-0.2, -0.15) is 0 Å². The molecule has 44 heavy (non-hydrogen) atoms. The molecule has 14 heteroatoms. The molecule has 0 unspecified atom stereocenters. The molecule has 2 aromatic carbocycles. The van der Waals surface area contributed by atoms with Crippen LogP contribution < -0.4 is 80.0 Å². The van der Waals surface area contributed by atoms with Gasteiger partial charge >= 0.3 is 59.1 Å². The van der Waals surface area contributed by atoms with E-state index in [4.69, 9.17) is 23.2 Å². The fourth-order valence-corrected chi connectivity index (χ4v) is 4.19. The smallest absolute Gasteiger partial charge is 0.550 e. The Morgan fingerprint density at radius 3 is 1.23 bits per heavy atom. The van der Waals surface area contributed by atoms with Crippen LogP contribution in [0, 0.1) is 0 Å². The SMILES string of the molecule is O=C([O-])CCCCCCCNC(=O)c1cccc(Cl)c1O.O=C([O-])CCCCCCCNC(=O)c1cccc(Cl)c1O.[Na+].[Na+]. The van der Waals surface area contributed by atoms with E-state index in [1.165, 1.54) is 24.3 Å². The van der Waals surface area contributed by atoms with Crippen molar-refractivity contribution < 1.29 is 98.7 Å². The molecule has 2 rings (SSSR count). The van der Waals surface area contributed by atoms with E-state index in [2.05, 4.69) is 10.6 Å². The third-order valence-electron chi connectivity index (χ3n) is 6.15. The van der Waals surface area contributed by atoms with Gasteiger partial charge in [0.05, 0.1) is 21.2 Å². The van der Waals surface area contributed by atoms with Gasteiger partial charge in [0, 0.05) is 25.0 Å². The molecule has 2 aromatic rings. The van der Waals surface area contributed by atoms with Crippen LogP contribution in [0.15, 0.2) is 36.4 Å². The van der Waals surface area contributed by atoms with Crippen LogP contribution in [0.2, 0.25) is 10.0 Å². The van der Waals surface area contributed by atoms with Crippen LogP contribution in [-0.4, -0.2) is 47.1 Å². The molecule has 0 heterocycles. The topological polar surface area (TPSA) is 179 Å². The van der Waals surface area contributed by atoms with E-state index in [0.29, 0.717) is 25.9 Å². The number of halogens is 2. The number of carbonyl (C=O) groups is 4. The summed E-state index contributed by atoms with van der Waals surface area (Å²) in [6.45, 7) is 1.01. The second-order valence-electron chi connectivity index (χ2n) is 9.56. The average molecular weight is 672 g/mol. The first-order chi connectivity index (χ1) is 20.0. The molecule has 0 saturated carbocycles. The molecule has 0 aromatic heterocycles. The number of phenolic OH excluding ortho intramolecular Hbond substituents is 2. The third kappa shape index (κ3) is 19.8. The van der Waals surface area contributed by atoms with Crippen LogP contribution in [0.1, 0.15) is 97.8 Å². The minimum absolute atomic E-state index is 0. The Hall–Kier alpha value is -1.50. The number of carbonyl (C=O) groups excluding carboxylic acids is 4. The number of hydrogen-bond donors (Lipinski definition) is 4. The first kappa shape index (κ1) is 44.6. The summed E-state index contributed by atoms with van der Waals surface area (Å²) in [7, 11) is 0. The van der Waals surface area contributed by atoms with Crippen LogP contribution in [0.4, 0.5) is 0 Å². The number of aromatic hydroxyl groups is 2. The molecular formula is C30H38Cl2N2Na2O8. The molecule has 10 nitrogen and oxygen atoms in total. The number of nitrogens with one attached hydrogen (secondary N) is 2. The molecule has 0 aliphatic rings. The number of phenols is 2. The van der Waals surface area contributed by atoms with Gasteiger partial charge in [-0.25, -0.2) is 0 Å². The number of carboxylic acid groups (broad SMARTS) is 2. The minimum atomic E-state index is -1.01. The number of benzene rings is 2. The average Bonchev–Trinajstić information content (AvgIpc) is 2.94. The van der Waals surface area contributed by atoms with E-state index in [-0.39, 0.29) is 116 Å². The van der Waals surface area contributed by atoms with Crippen molar-refractivity contribution in [3.63, 3.8) is 0 Å². The fraction of sp³-hybridized carbons (Fsp3) is 0.467. The van der Waals surface area contributed by atoms with Gasteiger partial charge in [0.15, 0.2) is 0 Å². The van der Waals surface area contributed by atoms with Crippen LogP contribution >= 0.6 is 23.2 Å². The van der Waals surface area contributed by atoms with Crippen molar-refractivity contribution in [2.45, 2.75) is 77.0 Å². The molecule has 0 saturated heterocycles. The zero-order valence-corrected chi connectivity index (χ0v) is 31.0. The summed E-state index contributed by atoms with van der Waals surface area (Å²) in [4.78, 5) is 44.1. The molecule has 0 atom stereocenters. The minimum Gasteiger partial charge on any atom is -0.550 e. The summed E-state index contributed by atoms with van der Waals surface area (Å²) >= 11 is 11.5. The Labute approximate surface area is 312 Å². The summed E-state index contributed by atoms with van der Waals surface area (Å²) < 4.78 is 0. The van der Waals surface area contributed by atoms with Gasteiger partial charge < -0.3 is 40.6 Å². The van der Waals surface area contributed by atoms with Crippen LogP contribution in [0.5, 0.6) is 11.5 Å². The molecule has 0 fully saturated rings. The van der Waals surface area contributed by atoms with Crippen molar-refractivity contribution in [2.75, 3.05) is 13.1 Å². The fourth-order valence-electron chi connectivity index (χ4n) is 3.84. The maximum atomic E-state index is 11.8. The Morgan fingerprint density at radius 1 is 0.568 bits per heavy atom. The van der Waals surface area contributed by atoms with Crippen LogP contribution in [-0.2, 0) is 9.59 Å². The Morgan fingerprint density at radius 2 is 0.886 bits per heavy atom. The van der Waals surface area contributed by atoms with Gasteiger partial charge in [0.25, 0.3) is 11.8 Å². The quantitative estimate of drug-likeness (QED) is 0.101. The van der Waals surface area contributed by atoms with E-state index >= 15 is 0 Å². The largest absolute Gasteiger partial charge is 1.00 e. The number of para-hydroxylation sites is 2. The number of unbranched alkanes of at least 4 members (excludes halogenated alkanes) is 8. The van der Waals surface area contributed by atoms with Crippen molar-refractivity contribution in [3.05, 3.63) is 57.6 Å². The Bertz CT molecular complexity index is 1080. The number of carboxylic acids is 2. The first-order valence-electron chi connectivity index (χ1n) is 14.0. The number of amides is 2. The van der Waals surface area contributed by atoms with Crippen LogP contribution in [0.25, 0.3) is 0 Å². The van der Waals surface area contributed by atoms with Crippen molar-refractivity contribution >= 4 is 47.0 Å². The summed E-state index contributed by atoms with van der Waals surface area (Å²) in [5.41, 5.74) is 0.327. The molecule has 0 radical (unpaired) electrons. The zero-order chi connectivity index (χ0) is 31.3. The summed E-state index contributed by atoms with van der Waals surface area (Å²) in [6.07, 6.45) is 8.43. The van der Waals surface area contributed by atoms with E-state index in [1.807, 2.05) is 0 Å². The molecular weight excluding hydrogens is 633 g/mol. The standard InChI is InChI=1S/2C15H20ClNO4.2Na/c2*16-12-8-6-7-11(14(12)20)15(21)17-10-5-3-1-2-4-9-13(18)19;;/h2*6-8,20H,1-5,9-10H2,(H,17,21)(H,18,19);;/q;;2*+1/p-2. The first-order valence-corrected chi connectivity index (χ1v) is 14.7. The van der Waals surface area contributed by atoms with Crippen LogP contribution in [0.3, 0.4) is 0 Å². The summed E-state index contributed by atoms with van der Waals surface area (Å²) in [5.74, 6) is -3.15. The van der Waals surface area contributed by atoms with Crippen molar-refractivity contribution in [2.24, 2.45) is 0 Å². The number of rotatable bonds is 18. The predicted molar refractivity (Wildman–Crippen MR) is 156 cm³/mol. The van der Waals surface area contributed by atoms with Gasteiger partial charge in [-0.3, -0.25) is 9.59 Å². The maximum Gasteiger partial charge on any atom is 1.00 e. The van der Waals surface area contributed by atoms with Gasteiger partial charge in [-0.1, -0.05) is 73.9 Å². The van der Waals surface area contributed by atoms with E-state index in [0.717, 1.165) is 51.4 Å². The second-order valence-corrected chi connectivity index (χ2v) is 10.4. The monoisotopic (exact) mass is 670 g/mol. The molecule has 0 aliphatic carbocycles. The molecule has 0 spiro atoms. The van der Waals surface area contributed by atoms with Crippen molar-refractivity contribution in [1.82, 2.24) is 10.6 Å². The number of hydrogen-bond acceptors (Lipinski definition) is 8. The molecule has 4 N–H and O–H groups in total. The molecule has 2 amide bonds. The van der Waals surface area contributed by atoms with Gasteiger partial charge in [0.1, 0.15) is 11.5 Å². The third-order valence-corrected chi connectivity index (χ3v) is 6.76. The normalized spacial score (nSPS) is 9.86. The van der Waals surface area contributed by atoms with Crippen molar-refractivity contribution in [1.29, 1.82) is 0 Å². The molecule has 232 valence electrons. The van der Waals surface area contributed by atoms with Gasteiger partial charge in [0.2, 0.25) is 0 Å². The second kappa shape index (κ2) is 26.7. The Balaban J connectivity index is 0. The number of aliphatic carboxylic acids is 2. The van der Waals surface area contributed by atoms with Gasteiger partial charge in [-0.05, 0) is 62.8 Å². The predicted octanol–water partition coefficient (Wildman–Crippen LogP) is -2.26. The molecule has 0 bridgehead atoms.